The minimum Gasteiger partial charge on any atom is -0.383 e. The molecule has 21 heavy (non-hydrogen) atoms. The van der Waals surface area contributed by atoms with Crippen molar-refractivity contribution < 1.29 is 4.74 Å². The summed E-state index contributed by atoms with van der Waals surface area (Å²) in [5.74, 6) is 0.342. The Morgan fingerprint density at radius 1 is 1.33 bits per heavy atom. The van der Waals surface area contributed by atoms with Crippen LogP contribution >= 0.6 is 0 Å². The maximum atomic E-state index is 12.1. The third-order valence-corrected chi connectivity index (χ3v) is 2.96. The highest BCUT2D eigenvalue weighted by atomic mass is 16.5. The van der Waals surface area contributed by atoms with E-state index in [1.165, 1.54) is 23.1 Å². The maximum Gasteiger partial charge on any atom is 0.269 e. The Morgan fingerprint density at radius 2 is 2.14 bits per heavy atom. The van der Waals surface area contributed by atoms with E-state index in [1.807, 2.05) is 11.9 Å². The Bertz CT molecular complexity index is 640. The molecule has 0 aromatic carbocycles. The van der Waals surface area contributed by atoms with Gasteiger partial charge in [-0.15, -0.1) is 0 Å². The van der Waals surface area contributed by atoms with Crippen molar-refractivity contribution in [1.82, 2.24) is 19.7 Å². The second-order valence-electron chi connectivity index (χ2n) is 4.56. The van der Waals surface area contributed by atoms with E-state index in [2.05, 4.69) is 15.1 Å². The van der Waals surface area contributed by atoms with Crippen LogP contribution in [0.15, 0.2) is 29.5 Å². The minimum atomic E-state index is -0.199. The van der Waals surface area contributed by atoms with Gasteiger partial charge in [-0.05, 0) is 0 Å². The maximum absolute atomic E-state index is 12.1. The SMILES string of the molecule is COCCN(C)c1cnn(Cc2cnc(N)cn2)c(=O)c1. The number of methoxy groups -OCH3 is 1. The number of likely N-dealkylation sites (N-methyl/N-ethyl adjacent to an activating group) is 1. The lowest BCUT2D eigenvalue weighted by atomic mass is 10.4. The Kier molecular flexibility index (Phi) is 4.83. The van der Waals surface area contributed by atoms with E-state index >= 15 is 0 Å². The number of hydrogen-bond donors (Lipinski definition) is 1. The van der Waals surface area contributed by atoms with Gasteiger partial charge in [0.1, 0.15) is 5.82 Å². The van der Waals surface area contributed by atoms with E-state index in [-0.39, 0.29) is 12.1 Å². The molecule has 0 unspecified atom stereocenters. The second kappa shape index (κ2) is 6.80. The lowest BCUT2D eigenvalue weighted by molar-refractivity contribution is 0.206. The molecule has 2 N–H and O–H groups in total. The lowest BCUT2D eigenvalue weighted by Crippen LogP contribution is -2.28. The summed E-state index contributed by atoms with van der Waals surface area (Å²) in [6, 6.07) is 1.54. The summed E-state index contributed by atoms with van der Waals surface area (Å²) in [5.41, 5.74) is 6.64. The molecule has 2 aromatic rings. The third-order valence-electron chi connectivity index (χ3n) is 2.96. The van der Waals surface area contributed by atoms with E-state index in [0.29, 0.717) is 24.7 Å². The van der Waals surface area contributed by atoms with Gasteiger partial charge in [-0.2, -0.15) is 5.10 Å². The number of hydrogen-bond acceptors (Lipinski definition) is 7. The van der Waals surface area contributed by atoms with Crippen LogP contribution in [0.2, 0.25) is 0 Å². The zero-order valence-electron chi connectivity index (χ0n) is 12.1. The third kappa shape index (κ3) is 3.99. The molecule has 0 saturated carbocycles. The summed E-state index contributed by atoms with van der Waals surface area (Å²) in [7, 11) is 3.52. The first-order valence-electron chi connectivity index (χ1n) is 6.44. The molecule has 0 fully saturated rings. The molecule has 2 heterocycles. The summed E-state index contributed by atoms with van der Waals surface area (Å²) in [6.45, 7) is 1.53. The fraction of sp³-hybridized carbons (Fsp3) is 0.385. The van der Waals surface area contributed by atoms with Crippen LogP contribution in [0.1, 0.15) is 5.69 Å². The quantitative estimate of drug-likeness (QED) is 0.782. The van der Waals surface area contributed by atoms with E-state index in [4.69, 9.17) is 10.5 Å². The first-order chi connectivity index (χ1) is 10.1. The highest BCUT2D eigenvalue weighted by Crippen LogP contribution is 2.06. The number of rotatable bonds is 6. The molecule has 0 spiro atoms. The Morgan fingerprint density at radius 3 is 2.76 bits per heavy atom. The van der Waals surface area contributed by atoms with Gasteiger partial charge in [0.25, 0.3) is 5.56 Å². The highest BCUT2D eigenvalue weighted by molar-refractivity contribution is 5.41. The van der Waals surface area contributed by atoms with Crippen LogP contribution in [0.25, 0.3) is 0 Å². The van der Waals surface area contributed by atoms with Crippen molar-refractivity contribution in [3.05, 3.63) is 40.7 Å². The summed E-state index contributed by atoms with van der Waals surface area (Å²) in [4.78, 5) is 22.0. The predicted octanol–water partition coefficient (Wildman–Crippen LogP) is -0.254. The Hall–Kier alpha value is -2.48. The van der Waals surface area contributed by atoms with Gasteiger partial charge in [-0.25, -0.2) is 9.67 Å². The summed E-state index contributed by atoms with van der Waals surface area (Å²) in [5, 5.41) is 4.15. The van der Waals surface area contributed by atoms with Crippen molar-refractivity contribution in [3.63, 3.8) is 0 Å². The van der Waals surface area contributed by atoms with E-state index < -0.39 is 0 Å². The van der Waals surface area contributed by atoms with Crippen molar-refractivity contribution in [1.29, 1.82) is 0 Å². The number of nitrogens with zero attached hydrogens (tertiary/aromatic N) is 5. The van der Waals surface area contributed by atoms with E-state index in [0.717, 1.165) is 5.69 Å². The number of ether oxygens (including phenoxy) is 1. The zero-order valence-corrected chi connectivity index (χ0v) is 12.1. The normalized spacial score (nSPS) is 10.6. The van der Waals surface area contributed by atoms with Crippen LogP contribution in [-0.2, 0) is 11.3 Å². The monoisotopic (exact) mass is 290 g/mol. The smallest absolute Gasteiger partial charge is 0.269 e. The molecular formula is C13H18N6O2. The van der Waals surface area contributed by atoms with Crippen LogP contribution in [-0.4, -0.2) is 47.1 Å². The lowest BCUT2D eigenvalue weighted by Gasteiger charge is -2.18. The Balaban J connectivity index is 2.12. The van der Waals surface area contributed by atoms with Crippen LogP contribution in [0, 0.1) is 0 Å². The van der Waals surface area contributed by atoms with Gasteiger partial charge in [0.15, 0.2) is 0 Å². The fourth-order valence-electron chi connectivity index (χ4n) is 1.71. The van der Waals surface area contributed by atoms with Gasteiger partial charge in [0.05, 0.1) is 43.1 Å². The highest BCUT2D eigenvalue weighted by Gasteiger charge is 2.06. The molecular weight excluding hydrogens is 272 g/mol. The van der Waals surface area contributed by atoms with Crippen molar-refractivity contribution >= 4 is 11.5 Å². The standard InChI is InChI=1S/C13H18N6O2/c1-18(3-4-21-2)11-5-13(20)19(17-7-11)9-10-6-16-12(14)8-15-10/h5-8H,3-4,9H2,1-2H3,(H2,14,16). The summed E-state index contributed by atoms with van der Waals surface area (Å²) < 4.78 is 6.33. The topological polar surface area (TPSA) is 99.2 Å². The number of nitrogens with two attached hydrogens (primary N) is 1. The van der Waals surface area contributed by atoms with Crippen LogP contribution in [0.4, 0.5) is 11.5 Å². The van der Waals surface area contributed by atoms with Gasteiger partial charge in [-0.3, -0.25) is 9.78 Å². The minimum absolute atomic E-state index is 0.199. The molecule has 8 nitrogen and oxygen atoms in total. The zero-order chi connectivity index (χ0) is 15.2. The number of anilines is 2. The molecule has 8 heteroatoms. The van der Waals surface area contributed by atoms with Gasteiger partial charge >= 0.3 is 0 Å². The van der Waals surface area contributed by atoms with Gasteiger partial charge in [-0.1, -0.05) is 0 Å². The van der Waals surface area contributed by atoms with E-state index in [9.17, 15) is 4.79 Å². The van der Waals surface area contributed by atoms with Crippen molar-refractivity contribution in [2.75, 3.05) is 37.9 Å². The summed E-state index contributed by atoms with van der Waals surface area (Å²) >= 11 is 0. The molecule has 0 aliphatic heterocycles. The van der Waals surface area contributed by atoms with Crippen LogP contribution in [0.5, 0.6) is 0 Å². The van der Waals surface area contributed by atoms with E-state index in [1.54, 1.807) is 13.3 Å². The molecule has 0 aliphatic rings. The first-order valence-corrected chi connectivity index (χ1v) is 6.44. The number of aromatic nitrogens is 4. The number of nitrogen functional groups attached to an aromatic ring is 1. The molecule has 0 atom stereocenters. The molecule has 112 valence electrons. The Labute approximate surface area is 122 Å². The fourth-order valence-corrected chi connectivity index (χ4v) is 1.71. The average Bonchev–Trinajstić information content (AvgIpc) is 2.49. The largest absolute Gasteiger partial charge is 0.383 e. The molecule has 2 rings (SSSR count). The molecule has 0 amide bonds. The van der Waals surface area contributed by atoms with Crippen LogP contribution in [0.3, 0.4) is 0 Å². The molecule has 0 aliphatic carbocycles. The molecule has 0 saturated heterocycles. The molecule has 0 radical (unpaired) electrons. The van der Waals surface area contributed by atoms with Gasteiger partial charge in [0, 0.05) is 26.8 Å². The average molecular weight is 290 g/mol. The molecule has 2 aromatic heterocycles. The summed E-state index contributed by atoms with van der Waals surface area (Å²) in [6.07, 6.45) is 4.62. The van der Waals surface area contributed by atoms with Gasteiger partial charge < -0.3 is 15.4 Å². The van der Waals surface area contributed by atoms with Crippen molar-refractivity contribution in [2.24, 2.45) is 0 Å². The van der Waals surface area contributed by atoms with Crippen molar-refractivity contribution in [3.8, 4) is 0 Å². The van der Waals surface area contributed by atoms with Gasteiger partial charge in [0.2, 0.25) is 0 Å². The van der Waals surface area contributed by atoms with Crippen LogP contribution < -0.4 is 16.2 Å². The van der Waals surface area contributed by atoms with Crippen molar-refractivity contribution in [2.45, 2.75) is 6.54 Å². The molecule has 0 bridgehead atoms. The predicted molar refractivity (Wildman–Crippen MR) is 79.2 cm³/mol. The first kappa shape index (κ1) is 14.9. The second-order valence-corrected chi connectivity index (χ2v) is 4.56.